The molecule has 1 heterocycles. The SMILES string of the molecule is CC1CN(C(=O)c2ccc(N)c(F)c2)CC(C)O1. The van der Waals surface area contributed by atoms with E-state index in [1.807, 2.05) is 13.8 Å². The van der Waals surface area contributed by atoms with E-state index in [1.165, 1.54) is 12.1 Å². The minimum atomic E-state index is -0.560. The third-order valence-corrected chi connectivity index (χ3v) is 2.95. The van der Waals surface area contributed by atoms with Crippen molar-refractivity contribution in [3.63, 3.8) is 0 Å². The molecule has 18 heavy (non-hydrogen) atoms. The Balaban J connectivity index is 2.17. The van der Waals surface area contributed by atoms with E-state index in [1.54, 1.807) is 11.0 Å². The maximum atomic E-state index is 13.3. The van der Waals surface area contributed by atoms with Gasteiger partial charge in [-0.1, -0.05) is 0 Å². The molecule has 5 heteroatoms. The molecule has 1 aromatic carbocycles. The molecular weight excluding hydrogens is 235 g/mol. The predicted octanol–water partition coefficient (Wildman–Crippen LogP) is 1.66. The number of ether oxygens (including phenoxy) is 1. The number of halogens is 1. The molecule has 1 saturated heterocycles. The number of benzene rings is 1. The summed E-state index contributed by atoms with van der Waals surface area (Å²) < 4.78 is 18.9. The average molecular weight is 252 g/mol. The molecule has 2 N–H and O–H groups in total. The average Bonchev–Trinajstić information content (AvgIpc) is 2.30. The highest BCUT2D eigenvalue weighted by molar-refractivity contribution is 5.94. The zero-order valence-corrected chi connectivity index (χ0v) is 10.5. The Morgan fingerprint density at radius 2 is 2.00 bits per heavy atom. The Morgan fingerprint density at radius 3 is 2.56 bits per heavy atom. The molecule has 0 radical (unpaired) electrons. The number of nitrogens with two attached hydrogens (primary N) is 1. The van der Waals surface area contributed by atoms with Gasteiger partial charge >= 0.3 is 0 Å². The van der Waals surface area contributed by atoms with Crippen LogP contribution in [0.4, 0.5) is 10.1 Å². The summed E-state index contributed by atoms with van der Waals surface area (Å²) in [6.07, 6.45) is -0.00680. The van der Waals surface area contributed by atoms with Gasteiger partial charge in [0.15, 0.2) is 0 Å². The second kappa shape index (κ2) is 4.94. The van der Waals surface area contributed by atoms with Gasteiger partial charge in [0.25, 0.3) is 5.91 Å². The molecule has 2 unspecified atom stereocenters. The van der Waals surface area contributed by atoms with Crippen molar-refractivity contribution in [1.82, 2.24) is 4.90 Å². The summed E-state index contributed by atoms with van der Waals surface area (Å²) in [5, 5.41) is 0. The highest BCUT2D eigenvalue weighted by Crippen LogP contribution is 2.17. The van der Waals surface area contributed by atoms with Crippen molar-refractivity contribution in [3.8, 4) is 0 Å². The number of hydrogen-bond donors (Lipinski definition) is 1. The zero-order chi connectivity index (χ0) is 13.3. The van der Waals surface area contributed by atoms with Gasteiger partial charge in [-0.25, -0.2) is 4.39 Å². The normalized spacial score (nSPS) is 24.1. The monoisotopic (exact) mass is 252 g/mol. The lowest BCUT2D eigenvalue weighted by Crippen LogP contribution is -2.48. The van der Waals surface area contributed by atoms with Gasteiger partial charge < -0.3 is 15.4 Å². The molecule has 1 amide bonds. The fourth-order valence-electron chi connectivity index (χ4n) is 2.19. The van der Waals surface area contributed by atoms with Gasteiger partial charge in [-0.05, 0) is 32.0 Å². The van der Waals surface area contributed by atoms with Crippen molar-refractivity contribution in [2.75, 3.05) is 18.8 Å². The van der Waals surface area contributed by atoms with Gasteiger partial charge in [0.05, 0.1) is 17.9 Å². The van der Waals surface area contributed by atoms with Crippen LogP contribution < -0.4 is 5.73 Å². The van der Waals surface area contributed by atoms with Crippen LogP contribution in [0.15, 0.2) is 18.2 Å². The second-order valence-corrected chi connectivity index (χ2v) is 4.70. The summed E-state index contributed by atoms with van der Waals surface area (Å²) in [6.45, 7) is 4.88. The number of carbonyl (C=O) groups excluding carboxylic acids is 1. The van der Waals surface area contributed by atoms with Crippen molar-refractivity contribution >= 4 is 11.6 Å². The number of hydrogen-bond acceptors (Lipinski definition) is 3. The number of nitrogen functional groups attached to an aromatic ring is 1. The standard InChI is InChI=1S/C13H17FN2O2/c1-8-6-16(7-9(2)18-8)13(17)10-3-4-12(15)11(14)5-10/h3-5,8-9H,6-7,15H2,1-2H3. The fourth-order valence-corrected chi connectivity index (χ4v) is 2.19. The highest BCUT2D eigenvalue weighted by Gasteiger charge is 2.26. The van der Waals surface area contributed by atoms with Gasteiger partial charge in [0.1, 0.15) is 5.82 Å². The number of carbonyl (C=O) groups is 1. The second-order valence-electron chi connectivity index (χ2n) is 4.70. The molecule has 1 aliphatic rings. The van der Waals surface area contributed by atoms with Crippen LogP contribution in [0.2, 0.25) is 0 Å². The molecule has 2 atom stereocenters. The van der Waals surface area contributed by atoms with Gasteiger partial charge in [-0.3, -0.25) is 4.79 Å². The van der Waals surface area contributed by atoms with Crippen LogP contribution >= 0.6 is 0 Å². The Hall–Kier alpha value is -1.62. The molecule has 2 rings (SSSR count). The molecule has 1 fully saturated rings. The molecule has 0 bridgehead atoms. The molecule has 0 spiro atoms. The quantitative estimate of drug-likeness (QED) is 0.773. The van der Waals surface area contributed by atoms with E-state index in [9.17, 15) is 9.18 Å². The first-order chi connectivity index (χ1) is 8.47. The summed E-state index contributed by atoms with van der Waals surface area (Å²) in [5.74, 6) is -0.744. The lowest BCUT2D eigenvalue weighted by atomic mass is 10.1. The molecule has 1 aromatic rings. The van der Waals surface area contributed by atoms with Crippen LogP contribution in [-0.2, 0) is 4.74 Å². The van der Waals surface area contributed by atoms with Crippen LogP contribution in [-0.4, -0.2) is 36.1 Å². The topological polar surface area (TPSA) is 55.6 Å². The number of anilines is 1. The lowest BCUT2D eigenvalue weighted by molar-refractivity contribution is -0.0586. The Labute approximate surface area is 106 Å². The van der Waals surface area contributed by atoms with Gasteiger partial charge in [-0.15, -0.1) is 0 Å². The molecule has 4 nitrogen and oxygen atoms in total. The molecule has 0 aromatic heterocycles. The molecule has 1 aliphatic heterocycles. The maximum absolute atomic E-state index is 13.3. The van der Waals surface area contributed by atoms with Crippen molar-refractivity contribution in [3.05, 3.63) is 29.6 Å². The first-order valence-electron chi connectivity index (χ1n) is 5.97. The van der Waals surface area contributed by atoms with Crippen LogP contribution in [0.5, 0.6) is 0 Å². The van der Waals surface area contributed by atoms with E-state index in [-0.39, 0.29) is 23.8 Å². The minimum absolute atomic E-state index is 0.00340. The highest BCUT2D eigenvalue weighted by atomic mass is 19.1. The third-order valence-electron chi connectivity index (χ3n) is 2.95. The predicted molar refractivity (Wildman–Crippen MR) is 66.7 cm³/mol. The van der Waals surface area contributed by atoms with Crippen LogP contribution in [0.25, 0.3) is 0 Å². The van der Waals surface area contributed by atoms with Gasteiger partial charge in [0.2, 0.25) is 0 Å². The van der Waals surface area contributed by atoms with E-state index >= 15 is 0 Å². The maximum Gasteiger partial charge on any atom is 0.254 e. The van der Waals surface area contributed by atoms with Crippen molar-refractivity contribution in [1.29, 1.82) is 0 Å². The fraction of sp³-hybridized carbons (Fsp3) is 0.462. The summed E-state index contributed by atoms with van der Waals surface area (Å²) in [4.78, 5) is 13.9. The van der Waals surface area contributed by atoms with Gasteiger partial charge in [0, 0.05) is 18.7 Å². The molecule has 0 saturated carbocycles. The van der Waals surface area contributed by atoms with Crippen molar-refractivity contribution < 1.29 is 13.9 Å². The van der Waals surface area contributed by atoms with Crippen molar-refractivity contribution in [2.24, 2.45) is 0 Å². The Kier molecular flexibility index (Phi) is 3.52. The first kappa shape index (κ1) is 12.8. The van der Waals surface area contributed by atoms with E-state index in [4.69, 9.17) is 10.5 Å². The lowest BCUT2D eigenvalue weighted by Gasteiger charge is -2.35. The largest absolute Gasteiger partial charge is 0.396 e. The Bertz CT molecular complexity index is 454. The molecule has 98 valence electrons. The van der Waals surface area contributed by atoms with E-state index in [2.05, 4.69) is 0 Å². The zero-order valence-electron chi connectivity index (χ0n) is 10.5. The number of nitrogens with zero attached hydrogens (tertiary/aromatic N) is 1. The minimum Gasteiger partial charge on any atom is -0.396 e. The van der Waals surface area contributed by atoms with E-state index in [0.717, 1.165) is 0 Å². The van der Waals surface area contributed by atoms with Crippen LogP contribution in [0, 0.1) is 5.82 Å². The van der Waals surface area contributed by atoms with Crippen LogP contribution in [0.3, 0.4) is 0 Å². The summed E-state index contributed by atoms with van der Waals surface area (Å²) >= 11 is 0. The molecule has 0 aliphatic carbocycles. The number of rotatable bonds is 1. The smallest absolute Gasteiger partial charge is 0.254 e. The van der Waals surface area contributed by atoms with Gasteiger partial charge in [-0.2, -0.15) is 0 Å². The third kappa shape index (κ3) is 2.61. The Morgan fingerprint density at radius 1 is 1.39 bits per heavy atom. The van der Waals surface area contributed by atoms with E-state index < -0.39 is 5.82 Å². The van der Waals surface area contributed by atoms with Crippen LogP contribution in [0.1, 0.15) is 24.2 Å². The summed E-state index contributed by atoms with van der Waals surface area (Å²) in [7, 11) is 0. The van der Waals surface area contributed by atoms with E-state index in [0.29, 0.717) is 18.7 Å². The summed E-state index contributed by atoms with van der Waals surface area (Å²) in [5.41, 5.74) is 5.76. The molecular formula is C13H17FN2O2. The first-order valence-corrected chi connectivity index (χ1v) is 5.97. The number of amides is 1. The number of morpholine rings is 1. The van der Waals surface area contributed by atoms with Crippen molar-refractivity contribution in [2.45, 2.75) is 26.1 Å². The summed E-state index contributed by atoms with van der Waals surface area (Å²) in [6, 6.07) is 4.14.